The summed E-state index contributed by atoms with van der Waals surface area (Å²) in [7, 11) is 0. The van der Waals surface area contributed by atoms with Gasteiger partial charge in [0.15, 0.2) is 0 Å². The van der Waals surface area contributed by atoms with Gasteiger partial charge in [-0.15, -0.1) is 0 Å². The fraction of sp³-hybridized carbons (Fsp3) is 0.172. The predicted molar refractivity (Wildman–Crippen MR) is 136 cm³/mol. The topological polar surface area (TPSA) is 89.5 Å². The van der Waals surface area contributed by atoms with Crippen molar-refractivity contribution in [2.45, 2.75) is 19.6 Å². The van der Waals surface area contributed by atoms with Crippen molar-refractivity contribution in [3.05, 3.63) is 108 Å². The van der Waals surface area contributed by atoms with Crippen molar-refractivity contribution >= 4 is 11.9 Å². The van der Waals surface area contributed by atoms with Gasteiger partial charge in [0.25, 0.3) is 6.43 Å². The van der Waals surface area contributed by atoms with Crippen LogP contribution < -0.4 is 18.9 Å². The lowest BCUT2D eigenvalue weighted by Crippen LogP contribution is -2.08. The summed E-state index contributed by atoms with van der Waals surface area (Å²) in [6, 6.07) is 11.2. The standard InChI is InChI=1S/C29H24F4O8/c1-3-27(34)40-16-38-21-7-5-18(24(30)12-21)14-36-20-9-10-26(23(11-20)29(32)33)37-15-19-6-8-22(13-25(19)31)39-17-41-28(35)4-2/h3-13,29H,1-2,14-17H2. The summed E-state index contributed by atoms with van der Waals surface area (Å²) < 4.78 is 86.7. The largest absolute Gasteiger partial charge is 0.489 e. The van der Waals surface area contributed by atoms with Crippen LogP contribution in [0.4, 0.5) is 17.6 Å². The lowest BCUT2D eigenvalue weighted by molar-refractivity contribution is -0.145. The van der Waals surface area contributed by atoms with E-state index in [0.29, 0.717) is 0 Å². The molecule has 3 rings (SSSR count). The Bertz CT molecular complexity index is 1390. The van der Waals surface area contributed by atoms with E-state index in [2.05, 4.69) is 22.6 Å². The summed E-state index contributed by atoms with van der Waals surface area (Å²) >= 11 is 0. The number of carbonyl (C=O) groups is 2. The molecule has 0 spiro atoms. The predicted octanol–water partition coefficient (Wildman–Crippen LogP) is 6.19. The average Bonchev–Trinajstić information content (AvgIpc) is 2.96. The van der Waals surface area contributed by atoms with Crippen LogP contribution >= 0.6 is 0 Å². The average molecular weight is 576 g/mol. The van der Waals surface area contributed by atoms with Gasteiger partial charge in [0.2, 0.25) is 13.6 Å². The summed E-state index contributed by atoms with van der Waals surface area (Å²) in [4.78, 5) is 22.0. The molecule has 0 heterocycles. The van der Waals surface area contributed by atoms with Gasteiger partial charge in [-0.25, -0.2) is 27.2 Å². The number of benzene rings is 3. The molecule has 12 heteroatoms. The summed E-state index contributed by atoms with van der Waals surface area (Å²) in [5.41, 5.74) is -0.339. The SMILES string of the molecule is C=CC(=O)OCOc1ccc(COc2ccc(OCc3ccc(OCOC(=O)C=C)cc3F)c(C(F)F)c2)c(F)c1. The normalized spacial score (nSPS) is 10.5. The van der Waals surface area contributed by atoms with Crippen molar-refractivity contribution in [2.75, 3.05) is 13.6 Å². The van der Waals surface area contributed by atoms with Crippen LogP contribution in [0.25, 0.3) is 0 Å². The molecule has 0 saturated carbocycles. The lowest BCUT2D eigenvalue weighted by Gasteiger charge is -2.15. The van der Waals surface area contributed by atoms with Gasteiger partial charge >= 0.3 is 11.9 Å². The minimum Gasteiger partial charge on any atom is -0.489 e. The summed E-state index contributed by atoms with van der Waals surface area (Å²) in [5.74, 6) is -2.84. The molecule has 0 saturated heterocycles. The fourth-order valence-corrected chi connectivity index (χ4v) is 3.13. The summed E-state index contributed by atoms with van der Waals surface area (Å²) in [6.45, 7) is 4.92. The molecule has 3 aromatic carbocycles. The molecule has 0 amide bonds. The zero-order valence-electron chi connectivity index (χ0n) is 21.4. The van der Waals surface area contributed by atoms with Crippen molar-refractivity contribution in [1.82, 2.24) is 0 Å². The Morgan fingerprint density at radius 2 is 1.15 bits per heavy atom. The number of halogens is 4. The lowest BCUT2D eigenvalue weighted by atomic mass is 10.1. The Morgan fingerprint density at radius 3 is 1.61 bits per heavy atom. The third kappa shape index (κ3) is 9.31. The number of alkyl halides is 2. The van der Waals surface area contributed by atoms with Gasteiger partial charge in [0, 0.05) is 35.4 Å². The van der Waals surface area contributed by atoms with Crippen LogP contribution in [0.15, 0.2) is 79.9 Å². The second-order valence-corrected chi connectivity index (χ2v) is 7.94. The molecule has 0 fully saturated rings. The second-order valence-electron chi connectivity index (χ2n) is 7.94. The maximum atomic E-state index is 14.4. The van der Waals surface area contributed by atoms with Crippen molar-refractivity contribution < 1.29 is 55.6 Å². The Kier molecular flexibility index (Phi) is 11.1. The zero-order valence-corrected chi connectivity index (χ0v) is 21.4. The van der Waals surface area contributed by atoms with Gasteiger partial charge in [-0.3, -0.25) is 0 Å². The quantitative estimate of drug-likeness (QED) is 0.0916. The molecule has 0 aliphatic carbocycles. The molecule has 0 unspecified atom stereocenters. The van der Waals surface area contributed by atoms with Gasteiger partial charge in [0.05, 0.1) is 5.56 Å². The number of hydrogen-bond donors (Lipinski definition) is 0. The Labute approximate surface area is 232 Å². The van der Waals surface area contributed by atoms with Gasteiger partial charge in [-0.1, -0.05) is 13.2 Å². The number of hydrogen-bond acceptors (Lipinski definition) is 8. The summed E-state index contributed by atoms with van der Waals surface area (Å²) in [5, 5.41) is 0. The highest BCUT2D eigenvalue weighted by molar-refractivity contribution is 5.81. The highest BCUT2D eigenvalue weighted by Crippen LogP contribution is 2.34. The van der Waals surface area contributed by atoms with E-state index in [0.717, 1.165) is 30.4 Å². The molecule has 0 radical (unpaired) electrons. The molecule has 0 bridgehead atoms. The van der Waals surface area contributed by atoms with Gasteiger partial charge in [0.1, 0.15) is 47.8 Å². The highest BCUT2D eigenvalue weighted by Gasteiger charge is 2.17. The molecule has 3 aromatic rings. The van der Waals surface area contributed by atoms with E-state index in [-0.39, 0.29) is 47.3 Å². The number of ether oxygens (including phenoxy) is 6. The second kappa shape index (κ2) is 15.0. The maximum absolute atomic E-state index is 14.4. The number of esters is 2. The van der Waals surface area contributed by atoms with Crippen molar-refractivity contribution in [3.8, 4) is 23.0 Å². The third-order valence-corrected chi connectivity index (χ3v) is 5.23. The summed E-state index contributed by atoms with van der Waals surface area (Å²) in [6.07, 6.45) is -1.05. The van der Waals surface area contributed by atoms with Crippen molar-refractivity contribution in [3.63, 3.8) is 0 Å². The molecule has 8 nitrogen and oxygen atoms in total. The van der Waals surface area contributed by atoms with E-state index in [1.54, 1.807) is 0 Å². The van der Waals surface area contributed by atoms with Gasteiger partial charge < -0.3 is 28.4 Å². The van der Waals surface area contributed by atoms with Crippen LogP contribution in [0.3, 0.4) is 0 Å². The van der Waals surface area contributed by atoms with E-state index in [1.165, 1.54) is 36.4 Å². The molecule has 0 aliphatic heterocycles. The number of carbonyl (C=O) groups excluding carboxylic acids is 2. The van der Waals surface area contributed by atoms with Gasteiger partial charge in [-0.05, 0) is 42.5 Å². The smallest absolute Gasteiger partial charge is 0.333 e. The minimum atomic E-state index is -2.95. The van der Waals surface area contributed by atoms with Crippen LogP contribution in [0.5, 0.6) is 23.0 Å². The van der Waals surface area contributed by atoms with Crippen LogP contribution in [-0.2, 0) is 32.3 Å². The van der Waals surface area contributed by atoms with Crippen LogP contribution in [0, 0.1) is 11.6 Å². The molecular weight excluding hydrogens is 552 g/mol. The van der Waals surface area contributed by atoms with Crippen molar-refractivity contribution in [2.24, 2.45) is 0 Å². The van der Waals surface area contributed by atoms with Gasteiger partial charge in [-0.2, -0.15) is 0 Å². The molecule has 0 N–H and O–H groups in total. The first-order valence-corrected chi connectivity index (χ1v) is 11.8. The zero-order chi connectivity index (χ0) is 29.8. The fourth-order valence-electron chi connectivity index (χ4n) is 3.13. The third-order valence-electron chi connectivity index (χ3n) is 5.23. The minimum absolute atomic E-state index is 0.0218. The number of rotatable bonds is 15. The molecule has 0 aliphatic rings. The van der Waals surface area contributed by atoms with E-state index < -0.39 is 49.1 Å². The van der Waals surface area contributed by atoms with Crippen LogP contribution in [-0.4, -0.2) is 25.5 Å². The van der Waals surface area contributed by atoms with E-state index in [9.17, 15) is 27.2 Å². The molecule has 41 heavy (non-hydrogen) atoms. The first-order valence-electron chi connectivity index (χ1n) is 11.8. The van der Waals surface area contributed by atoms with E-state index >= 15 is 0 Å². The Balaban J connectivity index is 1.58. The molecule has 216 valence electrons. The first-order chi connectivity index (χ1) is 19.7. The maximum Gasteiger partial charge on any atom is 0.333 e. The first kappa shape index (κ1) is 30.5. The van der Waals surface area contributed by atoms with Crippen molar-refractivity contribution in [1.29, 1.82) is 0 Å². The Hall–Kier alpha value is -5.00. The van der Waals surface area contributed by atoms with Crippen LogP contribution in [0.2, 0.25) is 0 Å². The highest BCUT2D eigenvalue weighted by atomic mass is 19.3. The van der Waals surface area contributed by atoms with E-state index in [4.69, 9.17) is 18.9 Å². The monoisotopic (exact) mass is 576 g/mol. The molecular formula is C29H24F4O8. The molecule has 0 atom stereocenters. The van der Waals surface area contributed by atoms with Crippen LogP contribution in [0.1, 0.15) is 23.1 Å². The van der Waals surface area contributed by atoms with E-state index in [1.807, 2.05) is 0 Å². The Morgan fingerprint density at radius 1 is 0.683 bits per heavy atom. The molecule has 0 aromatic heterocycles.